The Labute approximate surface area is 116 Å². The lowest BCUT2D eigenvalue weighted by atomic mass is 9.99. The van der Waals surface area contributed by atoms with Gasteiger partial charge in [0.05, 0.1) is 12.1 Å². The molecule has 0 saturated carbocycles. The average molecular weight is 291 g/mol. The zero-order valence-corrected chi connectivity index (χ0v) is 11.7. The summed E-state index contributed by atoms with van der Waals surface area (Å²) in [6, 6.07) is 1.19. The molecule has 1 heterocycles. The van der Waals surface area contributed by atoms with Gasteiger partial charge in [-0.3, -0.25) is 4.90 Å². The van der Waals surface area contributed by atoms with Gasteiger partial charge in [-0.1, -0.05) is 11.6 Å². The van der Waals surface area contributed by atoms with Gasteiger partial charge in [-0.05, 0) is 32.0 Å². The van der Waals surface area contributed by atoms with Crippen molar-refractivity contribution in [1.29, 1.82) is 0 Å². The van der Waals surface area contributed by atoms with Crippen LogP contribution in [0.15, 0.2) is 6.07 Å². The molecule has 0 radical (unpaired) electrons. The highest BCUT2D eigenvalue weighted by Crippen LogP contribution is 2.40. The van der Waals surface area contributed by atoms with Crippen molar-refractivity contribution >= 4 is 11.6 Å². The first kappa shape index (κ1) is 14.5. The molecule has 1 aromatic carbocycles. The van der Waals surface area contributed by atoms with E-state index in [2.05, 4.69) is 0 Å². The van der Waals surface area contributed by atoms with Gasteiger partial charge in [0.15, 0.2) is 17.4 Å². The van der Waals surface area contributed by atoms with Crippen molar-refractivity contribution in [2.45, 2.75) is 12.5 Å². The molecule has 19 heavy (non-hydrogen) atoms. The zero-order valence-electron chi connectivity index (χ0n) is 10.9. The van der Waals surface area contributed by atoms with Crippen LogP contribution in [0.25, 0.3) is 0 Å². The molecule has 0 bridgehead atoms. The number of nitrogens with two attached hydrogens (primary N) is 1. The summed E-state index contributed by atoms with van der Waals surface area (Å²) in [6.07, 6.45) is 0.731. The van der Waals surface area contributed by atoms with Crippen molar-refractivity contribution in [2.24, 2.45) is 11.7 Å². The van der Waals surface area contributed by atoms with Crippen molar-refractivity contribution < 1.29 is 13.5 Å². The number of rotatable bonds is 3. The summed E-state index contributed by atoms with van der Waals surface area (Å²) in [5, 5.41) is -0.127. The Bertz CT molecular complexity index is 484. The van der Waals surface area contributed by atoms with Crippen molar-refractivity contribution in [3.05, 3.63) is 28.3 Å². The SMILES string of the molecule is COc1c(F)c(Cl)cc(C2CC(CN)CN2C)c1F. The first-order valence-corrected chi connectivity index (χ1v) is 6.49. The van der Waals surface area contributed by atoms with Gasteiger partial charge in [-0.2, -0.15) is 0 Å². The molecule has 1 fully saturated rings. The summed E-state index contributed by atoms with van der Waals surface area (Å²) in [4.78, 5) is 2.00. The molecule has 1 saturated heterocycles. The minimum atomic E-state index is -0.860. The first-order valence-electron chi connectivity index (χ1n) is 6.11. The second kappa shape index (κ2) is 5.61. The fourth-order valence-corrected chi connectivity index (χ4v) is 2.86. The lowest BCUT2D eigenvalue weighted by molar-refractivity contribution is 0.299. The van der Waals surface area contributed by atoms with E-state index in [0.717, 1.165) is 13.0 Å². The monoisotopic (exact) mass is 290 g/mol. The zero-order chi connectivity index (χ0) is 14.2. The molecule has 1 aliphatic rings. The van der Waals surface area contributed by atoms with Crippen LogP contribution in [0.4, 0.5) is 8.78 Å². The molecule has 2 unspecified atom stereocenters. The summed E-state index contributed by atoms with van der Waals surface area (Å²) in [5.74, 6) is -1.66. The largest absolute Gasteiger partial charge is 0.491 e. The van der Waals surface area contributed by atoms with E-state index in [-0.39, 0.29) is 11.1 Å². The third-order valence-electron chi connectivity index (χ3n) is 3.68. The Balaban J connectivity index is 2.43. The molecule has 1 aliphatic heterocycles. The lowest BCUT2D eigenvalue weighted by Gasteiger charge is -2.21. The molecule has 0 aromatic heterocycles. The molecule has 1 aromatic rings. The van der Waals surface area contributed by atoms with Gasteiger partial charge in [0.1, 0.15) is 0 Å². The summed E-state index contributed by atoms with van der Waals surface area (Å²) in [5.41, 5.74) is 6.02. The van der Waals surface area contributed by atoms with Crippen LogP contribution in [-0.4, -0.2) is 32.1 Å². The van der Waals surface area contributed by atoms with Crippen LogP contribution in [0.5, 0.6) is 5.75 Å². The number of halogens is 3. The number of benzene rings is 1. The number of ether oxygens (including phenoxy) is 1. The van der Waals surface area contributed by atoms with E-state index in [1.165, 1.54) is 13.2 Å². The summed E-state index contributed by atoms with van der Waals surface area (Å²) in [6.45, 7) is 1.34. The summed E-state index contributed by atoms with van der Waals surface area (Å²) in [7, 11) is 3.12. The highest BCUT2D eigenvalue weighted by atomic mass is 35.5. The lowest BCUT2D eigenvalue weighted by Crippen LogP contribution is -2.21. The standard InChI is InChI=1S/C13H17ClF2N2O/c1-18-6-7(5-17)3-10(18)8-4-9(14)12(16)13(19-2)11(8)15/h4,7,10H,3,5-6,17H2,1-2H3. The summed E-state index contributed by atoms with van der Waals surface area (Å²) < 4.78 is 32.7. The number of likely N-dealkylation sites (tertiary alicyclic amines) is 1. The van der Waals surface area contributed by atoms with Crippen LogP contribution >= 0.6 is 11.6 Å². The third kappa shape index (κ3) is 2.55. The molecule has 106 valence electrons. The molecule has 2 atom stereocenters. The van der Waals surface area contributed by atoms with E-state index in [9.17, 15) is 8.78 Å². The van der Waals surface area contributed by atoms with Crippen LogP contribution in [0, 0.1) is 17.6 Å². The number of hydrogen-bond acceptors (Lipinski definition) is 3. The fourth-order valence-electron chi connectivity index (χ4n) is 2.66. The maximum Gasteiger partial charge on any atom is 0.192 e. The topological polar surface area (TPSA) is 38.5 Å². The van der Waals surface area contributed by atoms with Crippen molar-refractivity contribution in [2.75, 3.05) is 27.2 Å². The van der Waals surface area contributed by atoms with Gasteiger partial charge in [0.25, 0.3) is 0 Å². The maximum atomic E-state index is 14.3. The Morgan fingerprint density at radius 1 is 1.47 bits per heavy atom. The van der Waals surface area contributed by atoms with Gasteiger partial charge in [0.2, 0.25) is 0 Å². The second-order valence-electron chi connectivity index (χ2n) is 4.90. The summed E-state index contributed by atoms with van der Waals surface area (Å²) >= 11 is 5.80. The predicted molar refractivity (Wildman–Crippen MR) is 70.5 cm³/mol. The van der Waals surface area contributed by atoms with Gasteiger partial charge in [-0.25, -0.2) is 8.78 Å². The smallest absolute Gasteiger partial charge is 0.192 e. The number of methoxy groups -OCH3 is 1. The van der Waals surface area contributed by atoms with Gasteiger partial charge < -0.3 is 10.5 Å². The molecule has 3 nitrogen and oxygen atoms in total. The molecular weight excluding hydrogens is 274 g/mol. The predicted octanol–water partition coefficient (Wildman–Crippen LogP) is 2.58. The second-order valence-corrected chi connectivity index (χ2v) is 5.31. The Kier molecular flexibility index (Phi) is 4.28. The molecule has 2 N–H and O–H groups in total. The van der Waals surface area contributed by atoms with E-state index < -0.39 is 17.4 Å². The molecule has 0 spiro atoms. The quantitative estimate of drug-likeness (QED) is 0.870. The first-order chi connectivity index (χ1) is 8.99. The molecular formula is C13H17ClF2N2O. The Morgan fingerprint density at radius 3 is 2.68 bits per heavy atom. The Morgan fingerprint density at radius 2 is 2.16 bits per heavy atom. The molecule has 0 aliphatic carbocycles. The van der Waals surface area contributed by atoms with E-state index in [1.54, 1.807) is 0 Å². The molecule has 6 heteroatoms. The Hall–Kier alpha value is -0.910. The van der Waals surface area contributed by atoms with Gasteiger partial charge in [0, 0.05) is 18.2 Å². The minimum absolute atomic E-state index is 0.127. The van der Waals surface area contributed by atoms with Gasteiger partial charge in [-0.15, -0.1) is 0 Å². The van der Waals surface area contributed by atoms with E-state index >= 15 is 0 Å². The third-order valence-corrected chi connectivity index (χ3v) is 3.95. The highest BCUT2D eigenvalue weighted by molar-refractivity contribution is 6.31. The molecule has 0 amide bonds. The van der Waals surface area contributed by atoms with E-state index in [0.29, 0.717) is 18.0 Å². The number of nitrogens with zero attached hydrogens (tertiary/aromatic N) is 1. The van der Waals surface area contributed by atoms with Crippen molar-refractivity contribution in [3.63, 3.8) is 0 Å². The van der Waals surface area contributed by atoms with Gasteiger partial charge >= 0.3 is 0 Å². The van der Waals surface area contributed by atoms with Crippen molar-refractivity contribution in [3.8, 4) is 5.75 Å². The maximum absolute atomic E-state index is 14.3. The average Bonchev–Trinajstić information content (AvgIpc) is 2.76. The highest BCUT2D eigenvalue weighted by Gasteiger charge is 2.33. The van der Waals surface area contributed by atoms with Crippen LogP contribution in [0.1, 0.15) is 18.0 Å². The molecule has 2 rings (SSSR count). The minimum Gasteiger partial charge on any atom is -0.491 e. The normalized spacial score (nSPS) is 23.9. The number of hydrogen-bond donors (Lipinski definition) is 1. The van der Waals surface area contributed by atoms with Crippen LogP contribution in [0.3, 0.4) is 0 Å². The van der Waals surface area contributed by atoms with E-state index in [1.807, 2.05) is 11.9 Å². The van der Waals surface area contributed by atoms with Crippen LogP contribution < -0.4 is 10.5 Å². The van der Waals surface area contributed by atoms with Crippen LogP contribution in [0.2, 0.25) is 5.02 Å². The van der Waals surface area contributed by atoms with Crippen LogP contribution in [-0.2, 0) is 0 Å². The van der Waals surface area contributed by atoms with Crippen molar-refractivity contribution in [1.82, 2.24) is 4.90 Å². The fraction of sp³-hybridized carbons (Fsp3) is 0.538. The van der Waals surface area contributed by atoms with E-state index in [4.69, 9.17) is 22.1 Å².